The fraction of sp³-hybridized carbons (Fsp3) is 0.727. The first-order chi connectivity index (χ1) is 6.81. The molecule has 2 atom stereocenters. The van der Waals surface area contributed by atoms with Crippen LogP contribution in [0.3, 0.4) is 0 Å². The molecule has 0 aliphatic carbocycles. The lowest BCUT2D eigenvalue weighted by atomic mass is 9.90. The van der Waals surface area contributed by atoms with E-state index < -0.39 is 0 Å². The average Bonchev–Trinajstić information content (AvgIpc) is 2.77. The Kier molecular flexibility index (Phi) is 2.87. The lowest BCUT2D eigenvalue weighted by Crippen LogP contribution is -2.15. The summed E-state index contributed by atoms with van der Waals surface area (Å²) < 4.78 is 7.62. The van der Waals surface area contributed by atoms with E-state index >= 15 is 0 Å². The van der Waals surface area contributed by atoms with Gasteiger partial charge in [-0.1, -0.05) is 13.3 Å². The number of hydrogen-bond donors (Lipinski definition) is 0. The summed E-state index contributed by atoms with van der Waals surface area (Å²) in [5.41, 5.74) is 1.32. The van der Waals surface area contributed by atoms with Crippen molar-refractivity contribution in [3.8, 4) is 0 Å². The Morgan fingerprint density at radius 1 is 1.50 bits per heavy atom. The smallest absolute Gasteiger partial charge is 0.0945 e. The van der Waals surface area contributed by atoms with Crippen LogP contribution in [0.2, 0.25) is 0 Å². The largest absolute Gasteiger partial charge is 0.381 e. The summed E-state index contributed by atoms with van der Waals surface area (Å²) in [7, 11) is 2.05. The van der Waals surface area contributed by atoms with E-state index in [0.29, 0.717) is 5.92 Å². The molecule has 0 amide bonds. The second kappa shape index (κ2) is 4.13. The first kappa shape index (κ1) is 9.71. The van der Waals surface area contributed by atoms with Crippen molar-refractivity contribution in [2.45, 2.75) is 19.8 Å². The Balaban J connectivity index is 2.00. The van der Waals surface area contributed by atoms with Gasteiger partial charge in [0.05, 0.1) is 12.9 Å². The normalized spacial score (nSPS) is 27.0. The van der Waals surface area contributed by atoms with Crippen molar-refractivity contribution in [1.82, 2.24) is 9.55 Å². The number of rotatable bonds is 3. The molecule has 1 saturated heterocycles. The highest BCUT2D eigenvalue weighted by Crippen LogP contribution is 2.26. The van der Waals surface area contributed by atoms with Crippen molar-refractivity contribution in [2.75, 3.05) is 13.2 Å². The summed E-state index contributed by atoms with van der Waals surface area (Å²) in [5, 5.41) is 0. The zero-order valence-corrected chi connectivity index (χ0v) is 8.94. The minimum absolute atomic E-state index is 0.690. The monoisotopic (exact) mass is 194 g/mol. The fourth-order valence-electron chi connectivity index (χ4n) is 2.17. The highest BCUT2D eigenvalue weighted by molar-refractivity contribution is 5.00. The van der Waals surface area contributed by atoms with E-state index in [1.54, 1.807) is 0 Å². The highest BCUT2D eigenvalue weighted by Gasteiger charge is 2.27. The molecule has 2 rings (SSSR count). The van der Waals surface area contributed by atoms with E-state index in [-0.39, 0.29) is 0 Å². The van der Waals surface area contributed by atoms with Crippen molar-refractivity contribution in [1.29, 1.82) is 0 Å². The SMILES string of the molecule is CC[C@@H]1COC[C@H]1Cc1cncn1C. The molecule has 0 saturated carbocycles. The van der Waals surface area contributed by atoms with E-state index in [4.69, 9.17) is 4.74 Å². The number of imidazole rings is 1. The molecule has 3 nitrogen and oxygen atoms in total. The summed E-state index contributed by atoms with van der Waals surface area (Å²) in [6.07, 6.45) is 6.16. The molecule has 78 valence electrons. The first-order valence-electron chi connectivity index (χ1n) is 5.34. The lowest BCUT2D eigenvalue weighted by molar-refractivity contribution is 0.180. The Morgan fingerprint density at radius 2 is 2.29 bits per heavy atom. The summed E-state index contributed by atoms with van der Waals surface area (Å²) in [4.78, 5) is 4.14. The van der Waals surface area contributed by atoms with Crippen LogP contribution in [0.15, 0.2) is 12.5 Å². The zero-order valence-electron chi connectivity index (χ0n) is 8.94. The van der Waals surface area contributed by atoms with Gasteiger partial charge in [0.15, 0.2) is 0 Å². The molecule has 1 aromatic rings. The molecule has 2 heterocycles. The van der Waals surface area contributed by atoms with Gasteiger partial charge in [0.2, 0.25) is 0 Å². The Hall–Kier alpha value is -0.830. The molecule has 0 N–H and O–H groups in total. The van der Waals surface area contributed by atoms with Crippen LogP contribution in [-0.2, 0) is 18.2 Å². The standard InChI is InChI=1S/C11H18N2O/c1-3-9-6-14-7-10(9)4-11-5-12-8-13(11)2/h5,8-10H,3-4,6-7H2,1-2H3/t9-,10-/m1/s1. The van der Waals surface area contributed by atoms with Crippen LogP contribution >= 0.6 is 0 Å². The molecular weight excluding hydrogens is 176 g/mol. The number of hydrogen-bond acceptors (Lipinski definition) is 2. The van der Waals surface area contributed by atoms with Gasteiger partial charge in [0.25, 0.3) is 0 Å². The molecular formula is C11H18N2O. The number of nitrogens with zero attached hydrogens (tertiary/aromatic N) is 2. The van der Waals surface area contributed by atoms with Gasteiger partial charge in [0, 0.05) is 25.5 Å². The predicted octanol–water partition coefficient (Wildman–Crippen LogP) is 1.64. The minimum Gasteiger partial charge on any atom is -0.381 e. The van der Waals surface area contributed by atoms with E-state index in [1.165, 1.54) is 12.1 Å². The lowest BCUT2D eigenvalue weighted by Gasteiger charge is -2.15. The van der Waals surface area contributed by atoms with Gasteiger partial charge in [-0.25, -0.2) is 4.98 Å². The number of aromatic nitrogens is 2. The van der Waals surface area contributed by atoms with Crippen LogP contribution in [0.25, 0.3) is 0 Å². The van der Waals surface area contributed by atoms with Gasteiger partial charge < -0.3 is 9.30 Å². The van der Waals surface area contributed by atoms with Crippen LogP contribution in [0, 0.1) is 11.8 Å². The van der Waals surface area contributed by atoms with Crippen LogP contribution in [0.1, 0.15) is 19.0 Å². The van der Waals surface area contributed by atoms with Crippen LogP contribution in [0.4, 0.5) is 0 Å². The predicted molar refractivity (Wildman–Crippen MR) is 55.0 cm³/mol. The van der Waals surface area contributed by atoms with Crippen molar-refractivity contribution >= 4 is 0 Å². The molecule has 1 aromatic heterocycles. The van der Waals surface area contributed by atoms with Gasteiger partial charge in [-0.3, -0.25) is 0 Å². The summed E-state index contributed by atoms with van der Waals surface area (Å²) in [6.45, 7) is 4.11. The maximum atomic E-state index is 5.52. The molecule has 0 bridgehead atoms. The molecule has 0 aromatic carbocycles. The maximum absolute atomic E-state index is 5.52. The molecule has 1 fully saturated rings. The molecule has 1 aliphatic rings. The fourth-order valence-corrected chi connectivity index (χ4v) is 2.17. The van der Waals surface area contributed by atoms with Gasteiger partial charge in [0.1, 0.15) is 0 Å². The molecule has 0 spiro atoms. The molecule has 0 radical (unpaired) electrons. The molecule has 14 heavy (non-hydrogen) atoms. The summed E-state index contributed by atoms with van der Waals surface area (Å²) >= 11 is 0. The minimum atomic E-state index is 0.690. The molecule has 0 unspecified atom stereocenters. The Bertz CT molecular complexity index is 295. The van der Waals surface area contributed by atoms with Crippen LogP contribution < -0.4 is 0 Å². The van der Waals surface area contributed by atoms with E-state index in [1.807, 2.05) is 12.5 Å². The van der Waals surface area contributed by atoms with Gasteiger partial charge in [-0.2, -0.15) is 0 Å². The summed E-state index contributed by atoms with van der Waals surface area (Å²) in [6, 6.07) is 0. The Morgan fingerprint density at radius 3 is 2.93 bits per heavy atom. The topological polar surface area (TPSA) is 27.1 Å². The number of ether oxygens (including phenoxy) is 1. The number of aryl methyl sites for hydroxylation is 1. The van der Waals surface area contributed by atoms with Gasteiger partial charge in [-0.15, -0.1) is 0 Å². The van der Waals surface area contributed by atoms with E-state index in [9.17, 15) is 0 Å². The maximum Gasteiger partial charge on any atom is 0.0945 e. The van der Waals surface area contributed by atoms with Crippen molar-refractivity contribution in [3.05, 3.63) is 18.2 Å². The van der Waals surface area contributed by atoms with E-state index in [0.717, 1.165) is 25.6 Å². The van der Waals surface area contributed by atoms with Crippen molar-refractivity contribution in [3.63, 3.8) is 0 Å². The first-order valence-corrected chi connectivity index (χ1v) is 5.34. The Labute approximate surface area is 85.1 Å². The second-order valence-corrected chi connectivity index (χ2v) is 4.17. The third kappa shape index (κ3) is 1.82. The summed E-state index contributed by atoms with van der Waals surface area (Å²) in [5.74, 6) is 1.43. The third-order valence-electron chi connectivity index (χ3n) is 3.24. The zero-order chi connectivity index (χ0) is 9.97. The second-order valence-electron chi connectivity index (χ2n) is 4.17. The average molecular weight is 194 g/mol. The third-order valence-corrected chi connectivity index (χ3v) is 3.24. The van der Waals surface area contributed by atoms with Gasteiger partial charge >= 0.3 is 0 Å². The highest BCUT2D eigenvalue weighted by atomic mass is 16.5. The van der Waals surface area contributed by atoms with Gasteiger partial charge in [-0.05, 0) is 18.3 Å². The molecule has 3 heteroatoms. The van der Waals surface area contributed by atoms with Crippen LogP contribution in [0.5, 0.6) is 0 Å². The molecule has 1 aliphatic heterocycles. The van der Waals surface area contributed by atoms with Crippen molar-refractivity contribution < 1.29 is 4.74 Å². The van der Waals surface area contributed by atoms with Crippen molar-refractivity contribution in [2.24, 2.45) is 18.9 Å². The van der Waals surface area contributed by atoms with E-state index in [2.05, 4.69) is 23.5 Å². The quantitative estimate of drug-likeness (QED) is 0.731. The van der Waals surface area contributed by atoms with Crippen LogP contribution in [-0.4, -0.2) is 22.8 Å².